The topological polar surface area (TPSA) is 465 Å². The summed E-state index contributed by atoms with van der Waals surface area (Å²) in [4.78, 5) is 149. The molecule has 0 saturated carbocycles. The quantitative estimate of drug-likeness (QED) is 0.0218. The number of H-pyrrole nitrogens is 2. The zero-order valence-electron chi connectivity index (χ0n) is 49.4. The molecule has 0 unspecified atom stereocenters. The second-order valence-electron chi connectivity index (χ2n) is 21.5. The van der Waals surface area contributed by atoms with E-state index in [-0.39, 0.29) is 50.0 Å². The first-order valence-corrected chi connectivity index (χ1v) is 30.0. The van der Waals surface area contributed by atoms with Gasteiger partial charge in [0, 0.05) is 54.7 Å². The number of para-hydroxylation sites is 1. The van der Waals surface area contributed by atoms with Crippen molar-refractivity contribution in [3.05, 3.63) is 150 Å². The number of aromatic amines is 2. The molecule has 19 N–H and O–H groups in total. The molecule has 4 aromatic carbocycles. The van der Waals surface area contributed by atoms with Gasteiger partial charge in [-0.1, -0.05) is 72.8 Å². The number of thioether (sulfide) groups is 1. The number of fused-ring (bicyclic) bond motifs is 1. The third-order valence-corrected chi connectivity index (χ3v) is 15.0. The maximum Gasteiger partial charge on any atom is 0.326 e. The number of aliphatic hydroxyl groups is 2. The second-order valence-corrected chi connectivity index (χ2v) is 22.5. The number of carbonyl (C=O) groups is 10. The van der Waals surface area contributed by atoms with Gasteiger partial charge in [-0.05, 0) is 91.3 Å². The number of carbonyl (C=O) groups excluding carboxylic acids is 9. The lowest BCUT2D eigenvalue weighted by Gasteiger charge is -2.29. The first-order valence-electron chi connectivity index (χ1n) is 28.6. The van der Waals surface area contributed by atoms with Crippen LogP contribution in [0.1, 0.15) is 54.6 Å². The van der Waals surface area contributed by atoms with Crippen LogP contribution in [-0.4, -0.2) is 178 Å². The molecule has 0 spiro atoms. The number of phenols is 2. The Hall–Kier alpha value is -9.84. The Kier molecular flexibility index (Phi) is 25.8. The van der Waals surface area contributed by atoms with Gasteiger partial charge >= 0.3 is 5.97 Å². The van der Waals surface area contributed by atoms with Crippen molar-refractivity contribution in [3.8, 4) is 11.5 Å². The second kappa shape index (κ2) is 33.5. The summed E-state index contributed by atoms with van der Waals surface area (Å²) in [6.45, 7) is 2.33. The molecule has 90 heavy (non-hydrogen) atoms. The molecule has 29 heteroatoms. The van der Waals surface area contributed by atoms with E-state index in [2.05, 4.69) is 57.5 Å². The number of aromatic nitrogens is 3. The molecule has 9 amide bonds. The zero-order valence-corrected chi connectivity index (χ0v) is 50.2. The number of hydrogen-bond acceptors (Lipinski definition) is 17. The van der Waals surface area contributed by atoms with Crippen LogP contribution >= 0.6 is 11.8 Å². The number of aliphatic carboxylic acids is 1. The van der Waals surface area contributed by atoms with Gasteiger partial charge in [-0.3, -0.25) is 43.2 Å². The number of nitrogens with two attached hydrogens (primary N) is 2. The molecule has 480 valence electrons. The minimum atomic E-state index is -1.94. The molecule has 2 aromatic heterocycles. The van der Waals surface area contributed by atoms with E-state index in [0.717, 1.165) is 6.92 Å². The highest BCUT2D eigenvalue weighted by atomic mass is 32.2. The van der Waals surface area contributed by atoms with E-state index in [9.17, 15) is 73.5 Å². The van der Waals surface area contributed by atoms with Gasteiger partial charge in [0.1, 0.15) is 59.8 Å². The third-order valence-electron chi connectivity index (χ3n) is 14.4. The number of phenolic OH excluding ortho intramolecular Hbond substituents is 2. The van der Waals surface area contributed by atoms with Crippen molar-refractivity contribution in [2.75, 3.05) is 12.0 Å². The predicted molar refractivity (Wildman–Crippen MR) is 329 cm³/mol. The molecule has 6 aromatic rings. The lowest BCUT2D eigenvalue weighted by atomic mass is 10.0. The van der Waals surface area contributed by atoms with E-state index in [1.165, 1.54) is 67.6 Å². The van der Waals surface area contributed by atoms with E-state index in [1.807, 2.05) is 0 Å². The highest BCUT2D eigenvalue weighted by Gasteiger charge is 2.38. The first kappa shape index (κ1) is 69.3. The molecule has 0 radical (unpaired) electrons. The van der Waals surface area contributed by atoms with Gasteiger partial charge in [-0.2, -0.15) is 11.8 Å². The van der Waals surface area contributed by atoms with Gasteiger partial charge in [0.15, 0.2) is 0 Å². The van der Waals surface area contributed by atoms with Crippen molar-refractivity contribution in [3.63, 3.8) is 0 Å². The fraction of sp³-hybridized carbons (Fsp3) is 0.361. The molecule has 11 atom stereocenters. The average Bonchev–Trinajstić information content (AvgIpc) is 1.81. The minimum Gasteiger partial charge on any atom is -0.508 e. The lowest BCUT2D eigenvalue weighted by molar-refractivity contribution is -0.142. The Morgan fingerprint density at radius 2 is 0.978 bits per heavy atom. The molecular formula is C61H75N13O15S. The van der Waals surface area contributed by atoms with Crippen LogP contribution in [0, 0.1) is 0 Å². The molecule has 0 saturated heterocycles. The van der Waals surface area contributed by atoms with Gasteiger partial charge in [0.2, 0.25) is 53.2 Å². The Labute approximate surface area is 520 Å². The number of primary amides is 1. The van der Waals surface area contributed by atoms with Gasteiger partial charge in [0.05, 0.1) is 31.0 Å². The summed E-state index contributed by atoms with van der Waals surface area (Å²) in [6.07, 6.45) is 0.917. The average molecular weight is 1260 g/mol. The number of imidazole rings is 1. The van der Waals surface area contributed by atoms with Crippen LogP contribution in [0.5, 0.6) is 11.5 Å². The molecule has 2 heterocycles. The number of nitrogens with one attached hydrogen (secondary N) is 10. The third kappa shape index (κ3) is 20.9. The van der Waals surface area contributed by atoms with Gasteiger partial charge in [-0.15, -0.1) is 0 Å². The van der Waals surface area contributed by atoms with Crippen molar-refractivity contribution in [1.29, 1.82) is 0 Å². The number of hydrogen-bond donors (Lipinski definition) is 17. The van der Waals surface area contributed by atoms with Crippen molar-refractivity contribution < 1.29 is 73.5 Å². The number of carboxylic acid groups (broad SMARTS) is 1. The van der Waals surface area contributed by atoms with E-state index >= 15 is 0 Å². The van der Waals surface area contributed by atoms with E-state index in [0.29, 0.717) is 44.6 Å². The molecule has 0 bridgehead atoms. The highest BCUT2D eigenvalue weighted by molar-refractivity contribution is 7.98. The van der Waals surface area contributed by atoms with Crippen LogP contribution < -0.4 is 54.0 Å². The first-order chi connectivity index (χ1) is 42.9. The molecule has 0 aliphatic rings. The number of aromatic hydroxyl groups is 2. The summed E-state index contributed by atoms with van der Waals surface area (Å²) in [5.74, 6) is -10.5. The maximum atomic E-state index is 14.9. The van der Waals surface area contributed by atoms with Crippen molar-refractivity contribution >= 4 is 81.8 Å². The van der Waals surface area contributed by atoms with E-state index < -0.39 is 132 Å². The van der Waals surface area contributed by atoms with Crippen molar-refractivity contribution in [2.45, 2.75) is 125 Å². The van der Waals surface area contributed by atoms with Crippen LogP contribution in [-0.2, 0) is 80.0 Å². The number of nitrogens with zero attached hydrogens (tertiary/aromatic N) is 1. The summed E-state index contributed by atoms with van der Waals surface area (Å²) >= 11 is 1.35. The van der Waals surface area contributed by atoms with Crippen LogP contribution in [0.4, 0.5) is 0 Å². The Morgan fingerprint density at radius 3 is 1.51 bits per heavy atom. The fourth-order valence-corrected chi connectivity index (χ4v) is 9.98. The van der Waals surface area contributed by atoms with Crippen molar-refractivity contribution in [1.82, 2.24) is 57.5 Å². The summed E-state index contributed by atoms with van der Waals surface area (Å²) in [5, 5.41) is 72.3. The number of amides is 9. The summed E-state index contributed by atoms with van der Waals surface area (Å²) in [5.41, 5.74) is 14.8. The Morgan fingerprint density at radius 1 is 0.522 bits per heavy atom. The Balaban J connectivity index is 1.24. The van der Waals surface area contributed by atoms with Crippen LogP contribution in [0.2, 0.25) is 0 Å². The minimum absolute atomic E-state index is 0.0169. The van der Waals surface area contributed by atoms with E-state index in [4.69, 9.17) is 11.5 Å². The molecular weight excluding hydrogens is 1190 g/mol. The number of rotatable bonds is 34. The Bertz CT molecular complexity index is 3420. The highest BCUT2D eigenvalue weighted by Crippen LogP contribution is 2.21. The largest absolute Gasteiger partial charge is 0.508 e. The standard InChI is InChI=1S/C61H75N13O15S/c1-32(75)51(73-53(80)42(62)23-35-13-17-39(77)18-14-35)59(86)70-46(24-34-9-5-4-6-10-34)58(85)74-52(33(2)76)60(87)71-48(28-50(63)79)57(84)68-45(25-36-15-19-40(78)20-16-36)55(82)69-47(26-37-29-65-43-12-8-7-11-41(37)43)56(83)67-44(21-22-90-3)54(81)72-49(61(88)89)27-38-30-64-31-66-38/h4-20,29-33,42,44-49,51-52,65,75-78H,21-28,62H2,1-3H3,(H2,63,79)(H,64,66)(H,67,83)(H,68,84)(H,69,82)(H,70,86)(H,71,87)(H,72,81)(H,73,80)(H,74,85)(H,88,89)/t32-,33-,42+,44+,45+,46+,47+,48+,49+,51+,52+/m1/s1. The van der Waals surface area contributed by atoms with Gasteiger partial charge in [0.25, 0.3) is 0 Å². The normalized spacial score (nSPS) is 14.9. The number of aliphatic hydroxyl groups excluding tert-OH is 2. The van der Waals surface area contributed by atoms with Gasteiger partial charge in [-0.25, -0.2) is 9.78 Å². The molecule has 28 nitrogen and oxygen atoms in total. The molecule has 6 rings (SSSR count). The number of benzene rings is 4. The summed E-state index contributed by atoms with van der Waals surface area (Å²) < 4.78 is 0. The van der Waals surface area contributed by atoms with Crippen molar-refractivity contribution in [2.24, 2.45) is 11.5 Å². The molecule has 0 aliphatic heterocycles. The van der Waals surface area contributed by atoms with Crippen LogP contribution in [0.25, 0.3) is 10.9 Å². The summed E-state index contributed by atoms with van der Waals surface area (Å²) in [7, 11) is 0. The van der Waals surface area contributed by atoms with Crippen LogP contribution in [0.3, 0.4) is 0 Å². The lowest BCUT2D eigenvalue weighted by Crippen LogP contribution is -2.63. The summed E-state index contributed by atoms with van der Waals surface area (Å²) in [6, 6.07) is 12.4. The SMILES string of the molecule is CSCC[C@H](NC(=O)[C@H](Cc1c[nH]c2ccccc12)NC(=O)[C@H](Cc1ccc(O)cc1)NC(=O)[C@H](CC(N)=O)NC(=O)[C@@H](NC(=O)[C@H](Cc1ccccc1)NC(=O)[C@@H](NC(=O)[C@@H](N)Cc1ccc(O)cc1)[C@@H](C)O)[C@@H](C)O)C(=O)N[C@@H](Cc1cnc[nH]1)C(=O)O. The van der Waals surface area contributed by atoms with E-state index in [1.54, 1.807) is 79.2 Å². The smallest absolute Gasteiger partial charge is 0.326 e. The zero-order chi connectivity index (χ0) is 65.6. The molecule has 0 aliphatic carbocycles. The predicted octanol–water partition coefficient (Wildman–Crippen LogP) is -1.50. The molecule has 0 fully saturated rings. The maximum absolute atomic E-state index is 14.9. The fourth-order valence-electron chi connectivity index (χ4n) is 9.51. The van der Waals surface area contributed by atoms with Gasteiger partial charge < -0.3 is 89.5 Å². The van der Waals surface area contributed by atoms with Crippen LogP contribution in [0.15, 0.2) is 122 Å². The monoisotopic (exact) mass is 1260 g/mol. The number of carboxylic acids is 1.